The Kier molecular flexibility index (Phi) is 5.78. The number of ether oxygens (including phenoxy) is 3. The molecule has 158 valence electrons. The summed E-state index contributed by atoms with van der Waals surface area (Å²) in [5.74, 6) is -0.411. The maximum Gasteiger partial charge on any atom is 0.290 e. The number of aliphatic hydroxyl groups is 1. The van der Waals surface area contributed by atoms with Gasteiger partial charge in [0.25, 0.3) is 5.91 Å². The van der Waals surface area contributed by atoms with Crippen LogP contribution in [-0.4, -0.2) is 55.2 Å². The first kappa shape index (κ1) is 20.4. The van der Waals surface area contributed by atoms with Crippen molar-refractivity contribution < 1.29 is 28.9 Å². The second kappa shape index (κ2) is 8.49. The lowest BCUT2D eigenvalue weighted by atomic mass is 9.95. The number of carbonyl (C=O) groups is 2. The fourth-order valence-corrected chi connectivity index (χ4v) is 4.67. The van der Waals surface area contributed by atoms with Gasteiger partial charge in [0.2, 0.25) is 5.78 Å². The van der Waals surface area contributed by atoms with Gasteiger partial charge in [0, 0.05) is 13.2 Å². The number of ketones is 1. The first-order valence-corrected chi connectivity index (χ1v) is 10.6. The zero-order valence-electron chi connectivity index (χ0n) is 16.8. The van der Waals surface area contributed by atoms with E-state index >= 15 is 0 Å². The summed E-state index contributed by atoms with van der Waals surface area (Å²) in [5.41, 5.74) is 0.732. The molecule has 2 atom stereocenters. The molecule has 4 rings (SSSR count). The number of nitrogens with zero attached hydrogens (tertiary/aromatic N) is 1. The van der Waals surface area contributed by atoms with Gasteiger partial charge in [-0.25, -0.2) is 0 Å². The SMILES string of the molecule is COc1ccc([C@@H]2C(C(=O)c3cccs3)=C(O)C(=O)N2C[C@@H]2CCCO2)cc1OC. The minimum Gasteiger partial charge on any atom is -0.503 e. The Morgan fingerprint density at radius 3 is 2.70 bits per heavy atom. The summed E-state index contributed by atoms with van der Waals surface area (Å²) in [6.07, 6.45) is 1.63. The smallest absolute Gasteiger partial charge is 0.290 e. The molecule has 0 unspecified atom stereocenters. The van der Waals surface area contributed by atoms with E-state index in [9.17, 15) is 14.7 Å². The third-order valence-electron chi connectivity index (χ3n) is 5.44. The number of methoxy groups -OCH3 is 2. The lowest BCUT2D eigenvalue weighted by Crippen LogP contribution is -2.37. The molecule has 1 N–H and O–H groups in total. The van der Waals surface area contributed by atoms with Gasteiger partial charge >= 0.3 is 0 Å². The molecule has 1 aromatic carbocycles. The lowest BCUT2D eigenvalue weighted by molar-refractivity contribution is -0.131. The molecule has 30 heavy (non-hydrogen) atoms. The van der Waals surface area contributed by atoms with E-state index in [1.165, 1.54) is 30.5 Å². The van der Waals surface area contributed by atoms with Crippen molar-refractivity contribution in [3.05, 3.63) is 57.5 Å². The number of thiophene rings is 1. The molecule has 1 fully saturated rings. The second-order valence-electron chi connectivity index (χ2n) is 7.18. The molecule has 0 spiro atoms. The number of benzene rings is 1. The van der Waals surface area contributed by atoms with E-state index in [1.807, 2.05) is 0 Å². The molecule has 1 amide bonds. The van der Waals surface area contributed by atoms with Gasteiger partial charge in [-0.2, -0.15) is 0 Å². The summed E-state index contributed by atoms with van der Waals surface area (Å²) in [5, 5.41) is 12.5. The van der Waals surface area contributed by atoms with Crippen molar-refractivity contribution in [1.29, 1.82) is 0 Å². The Hall–Kier alpha value is -2.84. The van der Waals surface area contributed by atoms with Gasteiger partial charge in [-0.1, -0.05) is 12.1 Å². The molecule has 0 saturated carbocycles. The van der Waals surface area contributed by atoms with Crippen LogP contribution in [0.25, 0.3) is 0 Å². The number of carbonyl (C=O) groups excluding carboxylic acids is 2. The average Bonchev–Trinajstić information content (AvgIpc) is 3.52. The molecule has 0 aliphatic carbocycles. The molecule has 0 bridgehead atoms. The maximum absolute atomic E-state index is 13.2. The van der Waals surface area contributed by atoms with Crippen LogP contribution in [-0.2, 0) is 9.53 Å². The Labute approximate surface area is 178 Å². The number of Topliss-reactive ketones (excluding diaryl/α,β-unsaturated/α-hetero) is 1. The summed E-state index contributed by atoms with van der Waals surface area (Å²) in [6.45, 7) is 0.942. The first-order valence-electron chi connectivity index (χ1n) is 9.71. The van der Waals surface area contributed by atoms with Crippen molar-refractivity contribution in [2.75, 3.05) is 27.4 Å². The van der Waals surface area contributed by atoms with Crippen molar-refractivity contribution >= 4 is 23.0 Å². The van der Waals surface area contributed by atoms with Gasteiger partial charge in [-0.3, -0.25) is 9.59 Å². The Morgan fingerprint density at radius 2 is 2.07 bits per heavy atom. The number of aliphatic hydroxyl groups excluding tert-OH is 1. The normalized spacial score (nSPS) is 21.4. The van der Waals surface area contributed by atoms with Crippen LogP contribution in [0.4, 0.5) is 0 Å². The predicted molar refractivity (Wildman–Crippen MR) is 111 cm³/mol. The Balaban J connectivity index is 1.79. The molecule has 7 nitrogen and oxygen atoms in total. The quantitative estimate of drug-likeness (QED) is 0.678. The largest absolute Gasteiger partial charge is 0.503 e. The summed E-state index contributed by atoms with van der Waals surface area (Å²) in [7, 11) is 3.06. The molecular formula is C22H23NO6S. The van der Waals surface area contributed by atoms with Crippen LogP contribution in [0.5, 0.6) is 11.5 Å². The van der Waals surface area contributed by atoms with Crippen molar-refractivity contribution in [1.82, 2.24) is 4.90 Å². The highest BCUT2D eigenvalue weighted by molar-refractivity contribution is 7.12. The van der Waals surface area contributed by atoms with Gasteiger partial charge in [0.1, 0.15) is 0 Å². The van der Waals surface area contributed by atoms with Crippen molar-refractivity contribution in [3.8, 4) is 11.5 Å². The second-order valence-corrected chi connectivity index (χ2v) is 8.13. The van der Waals surface area contributed by atoms with Gasteiger partial charge in [-0.15, -0.1) is 11.3 Å². The predicted octanol–water partition coefficient (Wildman–Crippen LogP) is 3.52. The molecule has 1 saturated heterocycles. The van der Waals surface area contributed by atoms with E-state index in [0.29, 0.717) is 35.1 Å². The number of hydrogen-bond donors (Lipinski definition) is 1. The van der Waals surface area contributed by atoms with Gasteiger partial charge in [-0.05, 0) is 42.0 Å². The van der Waals surface area contributed by atoms with Gasteiger partial charge in [0.15, 0.2) is 17.3 Å². The van der Waals surface area contributed by atoms with E-state index in [0.717, 1.165) is 12.8 Å². The summed E-state index contributed by atoms with van der Waals surface area (Å²) >= 11 is 1.27. The van der Waals surface area contributed by atoms with Crippen molar-refractivity contribution in [2.24, 2.45) is 0 Å². The van der Waals surface area contributed by atoms with Crippen LogP contribution in [0.15, 0.2) is 47.0 Å². The summed E-state index contributed by atoms with van der Waals surface area (Å²) in [4.78, 5) is 28.2. The van der Waals surface area contributed by atoms with Crippen molar-refractivity contribution in [3.63, 3.8) is 0 Å². The van der Waals surface area contributed by atoms with Crippen LogP contribution in [0.3, 0.4) is 0 Å². The molecular weight excluding hydrogens is 406 g/mol. The summed E-state index contributed by atoms with van der Waals surface area (Å²) < 4.78 is 16.4. The van der Waals surface area contributed by atoms with E-state index in [4.69, 9.17) is 14.2 Å². The molecule has 1 aromatic heterocycles. The highest BCUT2D eigenvalue weighted by Gasteiger charge is 2.45. The molecule has 2 aliphatic heterocycles. The fraction of sp³-hybridized carbons (Fsp3) is 0.364. The van der Waals surface area contributed by atoms with E-state index in [1.54, 1.807) is 35.7 Å². The molecule has 0 radical (unpaired) electrons. The molecule has 3 heterocycles. The summed E-state index contributed by atoms with van der Waals surface area (Å²) in [6, 6.07) is 7.96. The van der Waals surface area contributed by atoms with Crippen LogP contribution in [0.2, 0.25) is 0 Å². The number of amides is 1. The molecule has 8 heteroatoms. The van der Waals surface area contributed by atoms with Gasteiger partial charge in [0.05, 0.1) is 36.8 Å². The monoisotopic (exact) mass is 429 g/mol. The third kappa shape index (κ3) is 3.57. The third-order valence-corrected chi connectivity index (χ3v) is 6.31. The van der Waals surface area contributed by atoms with Crippen LogP contribution < -0.4 is 9.47 Å². The van der Waals surface area contributed by atoms with E-state index in [2.05, 4.69) is 0 Å². The molecule has 2 aromatic rings. The Morgan fingerprint density at radius 1 is 1.27 bits per heavy atom. The van der Waals surface area contributed by atoms with Crippen LogP contribution in [0, 0.1) is 0 Å². The van der Waals surface area contributed by atoms with E-state index in [-0.39, 0.29) is 17.5 Å². The van der Waals surface area contributed by atoms with E-state index < -0.39 is 17.7 Å². The van der Waals surface area contributed by atoms with Crippen LogP contribution >= 0.6 is 11.3 Å². The number of rotatable bonds is 7. The first-order chi connectivity index (χ1) is 14.5. The minimum absolute atomic E-state index is 0.0765. The highest BCUT2D eigenvalue weighted by atomic mass is 32.1. The fourth-order valence-electron chi connectivity index (χ4n) is 3.99. The van der Waals surface area contributed by atoms with Crippen LogP contribution in [0.1, 0.15) is 34.1 Å². The number of hydrogen-bond acceptors (Lipinski definition) is 7. The maximum atomic E-state index is 13.2. The lowest BCUT2D eigenvalue weighted by Gasteiger charge is -2.29. The zero-order valence-corrected chi connectivity index (χ0v) is 17.6. The molecule has 2 aliphatic rings. The minimum atomic E-state index is -0.740. The zero-order chi connectivity index (χ0) is 21.3. The van der Waals surface area contributed by atoms with Gasteiger partial charge < -0.3 is 24.2 Å². The topological polar surface area (TPSA) is 85.3 Å². The standard InChI is InChI=1S/C22H23NO6S/c1-27-15-8-7-13(11-16(15)28-2)19-18(20(24)17-6-4-10-30-17)21(25)22(26)23(19)12-14-5-3-9-29-14/h4,6-8,10-11,14,19,25H,3,5,9,12H2,1-2H3/t14-,19+/m0/s1. The Bertz CT molecular complexity index is 978. The average molecular weight is 429 g/mol. The highest BCUT2D eigenvalue weighted by Crippen LogP contribution is 2.42. The van der Waals surface area contributed by atoms with Crippen molar-refractivity contribution in [2.45, 2.75) is 25.0 Å².